The summed E-state index contributed by atoms with van der Waals surface area (Å²) in [4.78, 5) is 33.8. The van der Waals surface area contributed by atoms with Crippen LogP contribution in [0.2, 0.25) is 0 Å². The maximum atomic E-state index is 11.4. The Hall–Kier alpha value is -1.79. The van der Waals surface area contributed by atoms with E-state index in [4.69, 9.17) is 10.8 Å². The molecule has 0 aromatic rings. The van der Waals surface area contributed by atoms with Gasteiger partial charge in [0.1, 0.15) is 12.6 Å². The normalized spacial score (nSPS) is 12.0. The number of carboxylic acid groups (broad SMARTS) is 1. The second kappa shape index (κ2) is 5.94. The SMILES string of the molecule is CC(C)[C@@H](NC(=O)N(C)CC(N)=O)C(=O)O. The minimum atomic E-state index is -1.11. The van der Waals surface area contributed by atoms with E-state index in [1.54, 1.807) is 13.8 Å². The molecular weight excluding hydrogens is 214 g/mol. The summed E-state index contributed by atoms with van der Waals surface area (Å²) >= 11 is 0. The zero-order chi connectivity index (χ0) is 12.9. The molecule has 0 aliphatic carbocycles. The quantitative estimate of drug-likeness (QED) is 0.576. The molecule has 0 aliphatic heterocycles. The molecule has 0 aliphatic rings. The van der Waals surface area contributed by atoms with Crippen LogP contribution in [0.4, 0.5) is 4.79 Å². The number of carbonyl (C=O) groups excluding carboxylic acids is 2. The number of carbonyl (C=O) groups is 3. The fourth-order valence-electron chi connectivity index (χ4n) is 1.06. The molecule has 0 aromatic carbocycles. The minimum Gasteiger partial charge on any atom is -0.480 e. The second-order valence-electron chi connectivity index (χ2n) is 3.83. The van der Waals surface area contributed by atoms with Crippen molar-refractivity contribution in [2.45, 2.75) is 19.9 Å². The van der Waals surface area contributed by atoms with Crippen LogP contribution in [0.25, 0.3) is 0 Å². The van der Waals surface area contributed by atoms with Gasteiger partial charge in [0.25, 0.3) is 0 Å². The molecule has 92 valence electrons. The van der Waals surface area contributed by atoms with Crippen molar-refractivity contribution in [1.29, 1.82) is 0 Å². The summed E-state index contributed by atoms with van der Waals surface area (Å²) in [6, 6.07) is -1.62. The Morgan fingerprint density at radius 3 is 2.19 bits per heavy atom. The van der Waals surface area contributed by atoms with Gasteiger partial charge in [-0.2, -0.15) is 0 Å². The van der Waals surface area contributed by atoms with Gasteiger partial charge in [-0.25, -0.2) is 9.59 Å². The van der Waals surface area contributed by atoms with Gasteiger partial charge < -0.3 is 21.1 Å². The van der Waals surface area contributed by atoms with Gasteiger partial charge in [0.15, 0.2) is 0 Å². The van der Waals surface area contributed by atoms with Crippen LogP contribution >= 0.6 is 0 Å². The molecule has 0 saturated carbocycles. The molecule has 0 spiro atoms. The van der Waals surface area contributed by atoms with Crippen molar-refractivity contribution in [3.8, 4) is 0 Å². The molecule has 16 heavy (non-hydrogen) atoms. The third-order valence-electron chi connectivity index (χ3n) is 1.95. The smallest absolute Gasteiger partial charge is 0.326 e. The second-order valence-corrected chi connectivity index (χ2v) is 3.83. The van der Waals surface area contributed by atoms with E-state index in [0.717, 1.165) is 4.90 Å². The van der Waals surface area contributed by atoms with Gasteiger partial charge in [-0.15, -0.1) is 0 Å². The number of urea groups is 1. The zero-order valence-electron chi connectivity index (χ0n) is 9.56. The molecule has 0 rings (SSSR count). The number of carboxylic acids is 1. The van der Waals surface area contributed by atoms with Crippen LogP contribution in [-0.2, 0) is 9.59 Å². The maximum absolute atomic E-state index is 11.4. The topological polar surface area (TPSA) is 113 Å². The Labute approximate surface area is 93.6 Å². The molecule has 0 radical (unpaired) electrons. The van der Waals surface area contributed by atoms with Gasteiger partial charge in [0.05, 0.1) is 0 Å². The maximum Gasteiger partial charge on any atom is 0.326 e. The number of nitrogens with one attached hydrogen (secondary N) is 1. The lowest BCUT2D eigenvalue weighted by Gasteiger charge is -2.22. The first kappa shape index (κ1) is 14.2. The number of primary amides is 1. The van der Waals surface area contributed by atoms with Crippen molar-refractivity contribution in [2.75, 3.05) is 13.6 Å². The van der Waals surface area contributed by atoms with E-state index in [1.807, 2.05) is 0 Å². The van der Waals surface area contributed by atoms with Gasteiger partial charge in [-0.05, 0) is 5.92 Å². The Bertz CT molecular complexity index is 290. The standard InChI is InChI=1S/C9H17N3O4/c1-5(2)7(8(14)15)11-9(16)12(3)4-6(10)13/h5,7H,4H2,1-3H3,(H2,10,13)(H,11,16)(H,14,15)/t7-/m1/s1. The highest BCUT2D eigenvalue weighted by atomic mass is 16.4. The van der Waals surface area contributed by atoms with E-state index in [9.17, 15) is 14.4 Å². The summed E-state index contributed by atoms with van der Waals surface area (Å²) in [6.07, 6.45) is 0. The average Bonchev–Trinajstić information content (AvgIpc) is 2.11. The molecule has 0 saturated heterocycles. The fourth-order valence-corrected chi connectivity index (χ4v) is 1.06. The molecule has 0 heterocycles. The summed E-state index contributed by atoms with van der Waals surface area (Å²) in [5, 5.41) is 11.1. The molecule has 7 heteroatoms. The number of hydrogen-bond donors (Lipinski definition) is 3. The van der Waals surface area contributed by atoms with E-state index >= 15 is 0 Å². The van der Waals surface area contributed by atoms with Gasteiger partial charge in [0, 0.05) is 7.05 Å². The van der Waals surface area contributed by atoms with Crippen molar-refractivity contribution in [3.63, 3.8) is 0 Å². The van der Waals surface area contributed by atoms with E-state index < -0.39 is 23.9 Å². The number of nitrogens with zero attached hydrogens (tertiary/aromatic N) is 1. The third kappa shape index (κ3) is 4.63. The van der Waals surface area contributed by atoms with Crippen molar-refractivity contribution in [1.82, 2.24) is 10.2 Å². The van der Waals surface area contributed by atoms with Gasteiger partial charge in [0.2, 0.25) is 5.91 Å². The summed E-state index contributed by atoms with van der Waals surface area (Å²) in [5.74, 6) is -2.02. The van der Waals surface area contributed by atoms with Crippen molar-refractivity contribution in [3.05, 3.63) is 0 Å². The molecule has 0 aromatic heterocycles. The largest absolute Gasteiger partial charge is 0.480 e. The average molecular weight is 231 g/mol. The van der Waals surface area contributed by atoms with E-state index in [2.05, 4.69) is 5.32 Å². The van der Waals surface area contributed by atoms with Crippen molar-refractivity contribution in [2.24, 2.45) is 11.7 Å². The van der Waals surface area contributed by atoms with Crippen molar-refractivity contribution >= 4 is 17.9 Å². The predicted molar refractivity (Wildman–Crippen MR) is 56.6 cm³/mol. The molecule has 0 unspecified atom stereocenters. The lowest BCUT2D eigenvalue weighted by Crippen LogP contribution is -2.50. The lowest BCUT2D eigenvalue weighted by molar-refractivity contribution is -0.140. The number of amides is 3. The number of rotatable bonds is 5. The van der Waals surface area contributed by atoms with Crippen LogP contribution in [0.15, 0.2) is 0 Å². The predicted octanol–water partition coefficient (Wildman–Crippen LogP) is -0.778. The zero-order valence-corrected chi connectivity index (χ0v) is 9.56. The molecule has 7 nitrogen and oxygen atoms in total. The van der Waals surface area contributed by atoms with Crippen LogP contribution < -0.4 is 11.1 Å². The highest BCUT2D eigenvalue weighted by Gasteiger charge is 2.24. The summed E-state index contributed by atoms with van der Waals surface area (Å²) in [6.45, 7) is 3.09. The van der Waals surface area contributed by atoms with Crippen LogP contribution in [0.1, 0.15) is 13.8 Å². The number of hydrogen-bond acceptors (Lipinski definition) is 3. The highest BCUT2D eigenvalue weighted by molar-refractivity contribution is 5.86. The van der Waals surface area contributed by atoms with Crippen molar-refractivity contribution < 1.29 is 19.5 Å². The summed E-state index contributed by atoms with van der Waals surface area (Å²) in [7, 11) is 1.36. The van der Waals surface area contributed by atoms with Gasteiger partial charge >= 0.3 is 12.0 Å². The molecule has 4 N–H and O–H groups in total. The van der Waals surface area contributed by atoms with Gasteiger partial charge in [-0.1, -0.05) is 13.8 Å². The molecule has 1 atom stereocenters. The third-order valence-corrected chi connectivity index (χ3v) is 1.95. The fraction of sp³-hybridized carbons (Fsp3) is 0.667. The summed E-state index contributed by atoms with van der Waals surface area (Å²) < 4.78 is 0. The highest BCUT2D eigenvalue weighted by Crippen LogP contribution is 2.02. The minimum absolute atomic E-state index is 0.247. The molecule has 3 amide bonds. The van der Waals surface area contributed by atoms with Crippen LogP contribution in [0.3, 0.4) is 0 Å². The number of aliphatic carboxylic acids is 1. The lowest BCUT2D eigenvalue weighted by atomic mass is 10.1. The Morgan fingerprint density at radius 1 is 1.38 bits per heavy atom. The molecule has 0 bridgehead atoms. The number of nitrogens with two attached hydrogens (primary N) is 1. The first-order chi connectivity index (χ1) is 7.25. The monoisotopic (exact) mass is 231 g/mol. The molecular formula is C9H17N3O4. The van der Waals surface area contributed by atoms with Crippen LogP contribution in [0, 0.1) is 5.92 Å². The van der Waals surface area contributed by atoms with Crippen LogP contribution in [-0.4, -0.2) is 47.5 Å². The first-order valence-electron chi connectivity index (χ1n) is 4.78. The van der Waals surface area contributed by atoms with E-state index in [0.29, 0.717) is 0 Å². The van der Waals surface area contributed by atoms with E-state index in [1.165, 1.54) is 7.05 Å². The number of likely N-dealkylation sites (N-methyl/N-ethyl adjacent to an activating group) is 1. The summed E-state index contributed by atoms with van der Waals surface area (Å²) in [5.41, 5.74) is 4.90. The van der Waals surface area contributed by atoms with Crippen LogP contribution in [0.5, 0.6) is 0 Å². The van der Waals surface area contributed by atoms with E-state index in [-0.39, 0.29) is 12.5 Å². The Balaban J connectivity index is 4.40. The Morgan fingerprint density at radius 2 is 1.88 bits per heavy atom. The molecule has 0 fully saturated rings. The Kier molecular flexibility index (Phi) is 5.27. The van der Waals surface area contributed by atoms with Gasteiger partial charge in [-0.3, -0.25) is 4.79 Å². The first-order valence-corrected chi connectivity index (χ1v) is 4.78.